The number of β-amino-alcohol motifs (C(OH)–C–C–N with tert-alkyl or cyclic N) is 1. The molecule has 1 unspecified atom stereocenters. The summed E-state index contributed by atoms with van der Waals surface area (Å²) in [5.74, 6) is 0.205. The molecular formula is C12H25N3O2. The fraction of sp³-hybridized carbons (Fsp3) is 0.917. The predicted octanol–water partition coefficient (Wildman–Crippen LogP) is -0.504. The van der Waals surface area contributed by atoms with Gasteiger partial charge in [-0.15, -0.1) is 0 Å². The fourth-order valence-corrected chi connectivity index (χ4v) is 1.98. The molecule has 0 saturated carbocycles. The summed E-state index contributed by atoms with van der Waals surface area (Å²) in [5, 5.41) is 9.47. The minimum atomic E-state index is -0.458. The van der Waals surface area contributed by atoms with Crippen LogP contribution in [0.1, 0.15) is 20.8 Å². The molecule has 1 aliphatic heterocycles. The highest BCUT2D eigenvalue weighted by molar-refractivity contribution is 5.81. The molecule has 1 atom stereocenters. The molecule has 1 amide bonds. The Balaban J connectivity index is 2.38. The van der Waals surface area contributed by atoms with Crippen molar-refractivity contribution < 1.29 is 9.90 Å². The van der Waals surface area contributed by atoms with E-state index in [1.165, 1.54) is 0 Å². The monoisotopic (exact) mass is 243 g/mol. The molecule has 17 heavy (non-hydrogen) atoms. The van der Waals surface area contributed by atoms with E-state index in [9.17, 15) is 9.90 Å². The second kappa shape index (κ2) is 5.80. The zero-order valence-electron chi connectivity index (χ0n) is 11.1. The molecular weight excluding hydrogens is 218 g/mol. The highest BCUT2D eigenvalue weighted by Gasteiger charge is 2.29. The maximum atomic E-state index is 12.0. The van der Waals surface area contributed by atoms with Gasteiger partial charge >= 0.3 is 0 Å². The summed E-state index contributed by atoms with van der Waals surface area (Å²) in [4.78, 5) is 16.1. The van der Waals surface area contributed by atoms with Crippen molar-refractivity contribution >= 4 is 5.91 Å². The van der Waals surface area contributed by atoms with E-state index >= 15 is 0 Å². The first-order valence-electron chi connectivity index (χ1n) is 6.24. The lowest BCUT2D eigenvalue weighted by molar-refractivity contribution is -0.141. The van der Waals surface area contributed by atoms with Gasteiger partial charge in [-0.3, -0.25) is 9.69 Å². The topological polar surface area (TPSA) is 69.8 Å². The van der Waals surface area contributed by atoms with Gasteiger partial charge in [0, 0.05) is 44.7 Å². The molecule has 0 aromatic heterocycles. The van der Waals surface area contributed by atoms with Crippen LogP contribution in [0.3, 0.4) is 0 Å². The number of aliphatic hydroxyl groups is 1. The van der Waals surface area contributed by atoms with Crippen molar-refractivity contribution in [2.75, 3.05) is 39.3 Å². The summed E-state index contributed by atoms with van der Waals surface area (Å²) < 4.78 is 0. The largest absolute Gasteiger partial charge is 0.390 e. The highest BCUT2D eigenvalue weighted by atomic mass is 16.3. The lowest BCUT2D eigenvalue weighted by Gasteiger charge is -2.38. The number of carbonyl (C=O) groups excluding carboxylic acids is 1. The predicted molar refractivity (Wildman–Crippen MR) is 67.5 cm³/mol. The van der Waals surface area contributed by atoms with E-state index in [0.29, 0.717) is 13.1 Å². The van der Waals surface area contributed by atoms with E-state index in [1.54, 1.807) is 0 Å². The van der Waals surface area contributed by atoms with Crippen LogP contribution in [-0.2, 0) is 4.79 Å². The normalized spacial score (nSPS) is 20.4. The molecule has 1 rings (SSSR count). The quantitative estimate of drug-likeness (QED) is 0.701. The number of amides is 1. The third kappa shape index (κ3) is 4.26. The summed E-state index contributed by atoms with van der Waals surface area (Å²) >= 11 is 0. The van der Waals surface area contributed by atoms with E-state index in [1.807, 2.05) is 25.7 Å². The van der Waals surface area contributed by atoms with Crippen molar-refractivity contribution in [3.8, 4) is 0 Å². The molecule has 1 saturated heterocycles. The molecule has 0 aromatic rings. The molecule has 5 heteroatoms. The first-order valence-corrected chi connectivity index (χ1v) is 6.24. The van der Waals surface area contributed by atoms with Crippen LogP contribution in [0.4, 0.5) is 0 Å². The van der Waals surface area contributed by atoms with Crippen LogP contribution >= 0.6 is 0 Å². The van der Waals surface area contributed by atoms with E-state index in [-0.39, 0.29) is 11.3 Å². The van der Waals surface area contributed by atoms with Crippen molar-refractivity contribution in [3.05, 3.63) is 0 Å². The summed E-state index contributed by atoms with van der Waals surface area (Å²) in [7, 11) is 0. The highest BCUT2D eigenvalue weighted by Crippen LogP contribution is 2.18. The molecule has 5 nitrogen and oxygen atoms in total. The van der Waals surface area contributed by atoms with E-state index in [0.717, 1.165) is 26.2 Å². The zero-order chi connectivity index (χ0) is 13.1. The van der Waals surface area contributed by atoms with Crippen LogP contribution < -0.4 is 5.73 Å². The average molecular weight is 243 g/mol. The molecule has 100 valence electrons. The lowest BCUT2D eigenvalue weighted by atomic mass is 9.94. The first kappa shape index (κ1) is 14.4. The van der Waals surface area contributed by atoms with Crippen LogP contribution in [0.25, 0.3) is 0 Å². The van der Waals surface area contributed by atoms with Crippen molar-refractivity contribution in [2.24, 2.45) is 11.1 Å². The van der Waals surface area contributed by atoms with Gasteiger partial charge in [-0.1, -0.05) is 20.8 Å². The van der Waals surface area contributed by atoms with Crippen LogP contribution in [-0.4, -0.2) is 66.2 Å². The Kier molecular flexibility index (Phi) is 4.91. The van der Waals surface area contributed by atoms with Crippen LogP contribution in [0, 0.1) is 5.41 Å². The Morgan fingerprint density at radius 2 is 1.82 bits per heavy atom. The van der Waals surface area contributed by atoms with E-state index in [4.69, 9.17) is 5.73 Å². The lowest BCUT2D eigenvalue weighted by Crippen LogP contribution is -2.53. The van der Waals surface area contributed by atoms with Gasteiger partial charge in [-0.25, -0.2) is 0 Å². The Morgan fingerprint density at radius 3 is 2.24 bits per heavy atom. The molecule has 1 heterocycles. The number of hydrogen-bond donors (Lipinski definition) is 2. The summed E-state index contributed by atoms with van der Waals surface area (Å²) in [6.07, 6.45) is -0.458. The number of carbonyl (C=O) groups is 1. The Labute approximate surface area is 104 Å². The molecule has 1 fully saturated rings. The van der Waals surface area contributed by atoms with E-state index in [2.05, 4.69) is 4.90 Å². The van der Waals surface area contributed by atoms with Crippen molar-refractivity contribution in [1.29, 1.82) is 0 Å². The SMILES string of the molecule is CC(C)(C)C(=O)N1CCN(CC(O)CN)CC1. The number of nitrogens with zero attached hydrogens (tertiary/aromatic N) is 2. The van der Waals surface area contributed by atoms with Gasteiger partial charge in [-0.2, -0.15) is 0 Å². The van der Waals surface area contributed by atoms with Gasteiger partial charge < -0.3 is 15.7 Å². The Morgan fingerprint density at radius 1 is 1.29 bits per heavy atom. The second-order valence-corrected chi connectivity index (χ2v) is 5.73. The number of hydrogen-bond acceptors (Lipinski definition) is 4. The summed E-state index contributed by atoms with van der Waals surface area (Å²) in [6.45, 7) is 9.85. The smallest absolute Gasteiger partial charge is 0.228 e. The number of piperazine rings is 1. The third-order valence-electron chi connectivity index (χ3n) is 3.04. The fourth-order valence-electron chi connectivity index (χ4n) is 1.98. The van der Waals surface area contributed by atoms with Gasteiger partial charge in [0.05, 0.1) is 6.10 Å². The molecule has 0 aliphatic carbocycles. The Hall–Kier alpha value is -0.650. The van der Waals surface area contributed by atoms with Gasteiger partial charge in [0.15, 0.2) is 0 Å². The molecule has 0 spiro atoms. The second-order valence-electron chi connectivity index (χ2n) is 5.73. The van der Waals surface area contributed by atoms with Gasteiger partial charge in [0.1, 0.15) is 0 Å². The zero-order valence-corrected chi connectivity index (χ0v) is 11.1. The first-order chi connectivity index (χ1) is 7.84. The van der Waals surface area contributed by atoms with Crippen LogP contribution in [0.5, 0.6) is 0 Å². The number of nitrogens with two attached hydrogens (primary N) is 1. The maximum Gasteiger partial charge on any atom is 0.228 e. The molecule has 0 bridgehead atoms. The van der Waals surface area contributed by atoms with Gasteiger partial charge in [0.25, 0.3) is 0 Å². The van der Waals surface area contributed by atoms with Gasteiger partial charge in [-0.05, 0) is 0 Å². The standard InChI is InChI=1S/C12H25N3O2/c1-12(2,3)11(17)15-6-4-14(5-7-15)9-10(16)8-13/h10,16H,4-9,13H2,1-3H3. The molecule has 3 N–H and O–H groups in total. The third-order valence-corrected chi connectivity index (χ3v) is 3.04. The van der Waals surface area contributed by atoms with Crippen LogP contribution in [0.15, 0.2) is 0 Å². The summed E-state index contributed by atoms with van der Waals surface area (Å²) in [6, 6.07) is 0. The minimum Gasteiger partial charge on any atom is -0.390 e. The summed E-state index contributed by atoms with van der Waals surface area (Å²) in [5.41, 5.74) is 5.07. The average Bonchev–Trinajstić information content (AvgIpc) is 2.27. The molecule has 0 radical (unpaired) electrons. The number of rotatable bonds is 3. The van der Waals surface area contributed by atoms with Crippen molar-refractivity contribution in [1.82, 2.24) is 9.80 Å². The van der Waals surface area contributed by atoms with E-state index < -0.39 is 6.10 Å². The van der Waals surface area contributed by atoms with Crippen molar-refractivity contribution in [2.45, 2.75) is 26.9 Å². The molecule has 1 aliphatic rings. The number of aliphatic hydroxyl groups excluding tert-OH is 1. The molecule has 0 aromatic carbocycles. The van der Waals surface area contributed by atoms with Crippen molar-refractivity contribution in [3.63, 3.8) is 0 Å². The minimum absolute atomic E-state index is 0.205. The van der Waals surface area contributed by atoms with Crippen LogP contribution in [0.2, 0.25) is 0 Å². The van der Waals surface area contributed by atoms with Gasteiger partial charge in [0.2, 0.25) is 5.91 Å². The maximum absolute atomic E-state index is 12.0. The Bertz CT molecular complexity index is 255.